The van der Waals surface area contributed by atoms with Gasteiger partial charge in [0.2, 0.25) is 17.6 Å². The Morgan fingerprint density at radius 3 is 2.75 bits per heavy atom. The van der Waals surface area contributed by atoms with Crippen molar-refractivity contribution in [3.63, 3.8) is 0 Å². The minimum atomic E-state index is -0.0543. The standard InChI is InChI=1S/C18H16ClN3O2/c19-15-8-4-7-14(11-15)18-21-17(24-22-18)10-9-16(23)20-12-13-5-2-1-3-6-13/h1-8,11H,9-10,12H2,(H,20,23). The van der Waals surface area contributed by atoms with Crippen LogP contribution >= 0.6 is 11.6 Å². The molecule has 6 heteroatoms. The van der Waals surface area contributed by atoms with Crippen LogP contribution in [0.3, 0.4) is 0 Å². The largest absolute Gasteiger partial charge is 0.352 e. The maximum atomic E-state index is 11.9. The molecule has 0 saturated heterocycles. The van der Waals surface area contributed by atoms with Crippen LogP contribution in [0.25, 0.3) is 11.4 Å². The zero-order valence-corrected chi connectivity index (χ0v) is 13.7. The van der Waals surface area contributed by atoms with E-state index in [0.29, 0.717) is 36.1 Å². The van der Waals surface area contributed by atoms with Gasteiger partial charge in [0.25, 0.3) is 0 Å². The van der Waals surface area contributed by atoms with Gasteiger partial charge < -0.3 is 9.84 Å². The van der Waals surface area contributed by atoms with Gasteiger partial charge in [0.1, 0.15) is 0 Å². The van der Waals surface area contributed by atoms with E-state index in [4.69, 9.17) is 16.1 Å². The third kappa shape index (κ3) is 4.43. The SMILES string of the molecule is O=C(CCc1nc(-c2cccc(Cl)c2)no1)NCc1ccccc1. The Balaban J connectivity index is 1.51. The topological polar surface area (TPSA) is 68.0 Å². The summed E-state index contributed by atoms with van der Waals surface area (Å²) in [6.07, 6.45) is 0.693. The number of halogens is 1. The average Bonchev–Trinajstić information content (AvgIpc) is 3.08. The first-order valence-electron chi connectivity index (χ1n) is 7.60. The molecule has 0 saturated carbocycles. The maximum absolute atomic E-state index is 11.9. The fraction of sp³-hybridized carbons (Fsp3) is 0.167. The molecule has 0 unspecified atom stereocenters. The van der Waals surface area contributed by atoms with Crippen molar-refractivity contribution in [2.45, 2.75) is 19.4 Å². The number of aryl methyl sites for hydroxylation is 1. The van der Waals surface area contributed by atoms with Gasteiger partial charge in [0.05, 0.1) is 0 Å². The van der Waals surface area contributed by atoms with Crippen LogP contribution in [-0.4, -0.2) is 16.0 Å². The predicted octanol–water partition coefficient (Wildman–Crippen LogP) is 3.64. The molecule has 0 aliphatic carbocycles. The van der Waals surface area contributed by atoms with Gasteiger partial charge in [0.15, 0.2) is 0 Å². The first kappa shape index (κ1) is 16.2. The van der Waals surface area contributed by atoms with E-state index >= 15 is 0 Å². The molecule has 1 N–H and O–H groups in total. The predicted molar refractivity (Wildman–Crippen MR) is 91.4 cm³/mol. The number of nitrogens with one attached hydrogen (secondary N) is 1. The first-order valence-corrected chi connectivity index (χ1v) is 7.97. The lowest BCUT2D eigenvalue weighted by Crippen LogP contribution is -2.22. The first-order chi connectivity index (χ1) is 11.7. The second-order valence-corrected chi connectivity index (χ2v) is 5.72. The van der Waals surface area contributed by atoms with E-state index in [0.717, 1.165) is 11.1 Å². The number of hydrogen-bond acceptors (Lipinski definition) is 4. The van der Waals surface area contributed by atoms with Crippen LogP contribution in [0.1, 0.15) is 17.9 Å². The van der Waals surface area contributed by atoms with Crippen molar-refractivity contribution in [3.8, 4) is 11.4 Å². The Kier molecular flexibility index (Phi) is 5.23. The van der Waals surface area contributed by atoms with E-state index in [2.05, 4.69) is 15.5 Å². The molecule has 3 aromatic rings. The molecule has 122 valence electrons. The summed E-state index contributed by atoms with van der Waals surface area (Å²) in [5.41, 5.74) is 1.85. The summed E-state index contributed by atoms with van der Waals surface area (Å²) in [5.74, 6) is 0.846. The Morgan fingerprint density at radius 1 is 1.12 bits per heavy atom. The van der Waals surface area contributed by atoms with E-state index in [1.807, 2.05) is 42.5 Å². The van der Waals surface area contributed by atoms with Crippen molar-refractivity contribution in [1.29, 1.82) is 0 Å². The summed E-state index contributed by atoms with van der Waals surface area (Å²) in [6.45, 7) is 0.511. The van der Waals surface area contributed by atoms with Crippen molar-refractivity contribution in [2.75, 3.05) is 0 Å². The maximum Gasteiger partial charge on any atom is 0.227 e. The van der Waals surface area contributed by atoms with Crippen LogP contribution in [-0.2, 0) is 17.8 Å². The number of aromatic nitrogens is 2. The van der Waals surface area contributed by atoms with Gasteiger partial charge in [-0.05, 0) is 17.7 Å². The summed E-state index contributed by atoms with van der Waals surface area (Å²) in [6, 6.07) is 17.0. The van der Waals surface area contributed by atoms with Crippen LogP contribution in [0.4, 0.5) is 0 Å². The normalized spacial score (nSPS) is 10.5. The number of nitrogens with zero attached hydrogens (tertiary/aromatic N) is 2. The summed E-state index contributed by atoms with van der Waals surface area (Å²) in [7, 11) is 0. The lowest BCUT2D eigenvalue weighted by atomic mass is 10.2. The summed E-state index contributed by atoms with van der Waals surface area (Å²) >= 11 is 5.95. The third-order valence-electron chi connectivity index (χ3n) is 3.45. The molecule has 0 spiro atoms. The van der Waals surface area contributed by atoms with Crippen molar-refractivity contribution in [1.82, 2.24) is 15.5 Å². The molecule has 0 aliphatic heterocycles. The molecule has 0 bridgehead atoms. The van der Waals surface area contributed by atoms with Crippen LogP contribution in [0.2, 0.25) is 5.02 Å². The Labute approximate surface area is 144 Å². The number of carbonyl (C=O) groups is 1. The van der Waals surface area contributed by atoms with Crippen LogP contribution in [0.5, 0.6) is 0 Å². The van der Waals surface area contributed by atoms with Gasteiger partial charge in [-0.25, -0.2) is 0 Å². The minimum Gasteiger partial charge on any atom is -0.352 e. The molecule has 1 amide bonds. The van der Waals surface area contributed by atoms with Crippen LogP contribution in [0.15, 0.2) is 59.1 Å². The zero-order chi connectivity index (χ0) is 16.8. The Bertz CT molecular complexity index is 818. The van der Waals surface area contributed by atoms with E-state index < -0.39 is 0 Å². The van der Waals surface area contributed by atoms with E-state index in [9.17, 15) is 4.79 Å². The van der Waals surface area contributed by atoms with Gasteiger partial charge >= 0.3 is 0 Å². The molecule has 2 aromatic carbocycles. The summed E-state index contributed by atoms with van der Waals surface area (Å²) < 4.78 is 5.19. The fourth-order valence-electron chi connectivity index (χ4n) is 2.21. The summed E-state index contributed by atoms with van der Waals surface area (Å²) in [5, 5.41) is 7.40. The minimum absolute atomic E-state index is 0.0543. The quantitative estimate of drug-likeness (QED) is 0.743. The van der Waals surface area contributed by atoms with Crippen molar-refractivity contribution < 1.29 is 9.32 Å². The van der Waals surface area contributed by atoms with Crippen LogP contribution in [0, 0.1) is 0 Å². The smallest absolute Gasteiger partial charge is 0.227 e. The monoisotopic (exact) mass is 341 g/mol. The van der Waals surface area contributed by atoms with Gasteiger partial charge in [0, 0.05) is 30.0 Å². The Morgan fingerprint density at radius 2 is 1.96 bits per heavy atom. The van der Waals surface area contributed by atoms with E-state index in [1.54, 1.807) is 12.1 Å². The van der Waals surface area contributed by atoms with Crippen molar-refractivity contribution >= 4 is 17.5 Å². The molecule has 1 aromatic heterocycles. The second-order valence-electron chi connectivity index (χ2n) is 5.28. The van der Waals surface area contributed by atoms with Gasteiger partial charge in [-0.1, -0.05) is 59.2 Å². The van der Waals surface area contributed by atoms with Crippen molar-refractivity contribution in [2.24, 2.45) is 0 Å². The number of rotatable bonds is 6. The van der Waals surface area contributed by atoms with Gasteiger partial charge in [-0.15, -0.1) is 0 Å². The highest BCUT2D eigenvalue weighted by Crippen LogP contribution is 2.20. The molecule has 24 heavy (non-hydrogen) atoms. The molecule has 0 fully saturated rings. The Hall–Kier alpha value is -2.66. The molecule has 3 rings (SSSR count). The molecule has 0 aliphatic rings. The highest BCUT2D eigenvalue weighted by molar-refractivity contribution is 6.30. The lowest BCUT2D eigenvalue weighted by molar-refractivity contribution is -0.121. The van der Waals surface area contributed by atoms with Crippen molar-refractivity contribution in [3.05, 3.63) is 71.1 Å². The number of carbonyl (C=O) groups excluding carboxylic acids is 1. The van der Waals surface area contributed by atoms with Gasteiger partial charge in [-0.3, -0.25) is 4.79 Å². The zero-order valence-electron chi connectivity index (χ0n) is 12.9. The molecule has 1 heterocycles. The second kappa shape index (κ2) is 7.75. The molecular weight excluding hydrogens is 326 g/mol. The third-order valence-corrected chi connectivity index (χ3v) is 3.68. The summed E-state index contributed by atoms with van der Waals surface area (Å²) in [4.78, 5) is 16.2. The lowest BCUT2D eigenvalue weighted by Gasteiger charge is -2.03. The number of benzene rings is 2. The molecule has 0 radical (unpaired) electrons. The van der Waals surface area contributed by atoms with E-state index in [1.165, 1.54) is 0 Å². The van der Waals surface area contributed by atoms with Gasteiger partial charge in [-0.2, -0.15) is 4.98 Å². The number of hydrogen-bond donors (Lipinski definition) is 1. The fourth-order valence-corrected chi connectivity index (χ4v) is 2.40. The average molecular weight is 342 g/mol. The van der Waals surface area contributed by atoms with E-state index in [-0.39, 0.29) is 5.91 Å². The number of amides is 1. The van der Waals surface area contributed by atoms with Crippen LogP contribution < -0.4 is 5.32 Å². The molecule has 5 nitrogen and oxygen atoms in total. The highest BCUT2D eigenvalue weighted by Gasteiger charge is 2.11. The molecular formula is C18H16ClN3O2. The highest BCUT2D eigenvalue weighted by atomic mass is 35.5. The molecule has 0 atom stereocenters.